The van der Waals surface area contributed by atoms with Crippen LogP contribution in [-0.2, 0) is 19.1 Å². The molecule has 1 heterocycles. The Hall–Kier alpha value is -1.83. The van der Waals surface area contributed by atoms with E-state index in [0.717, 1.165) is 0 Å². The summed E-state index contributed by atoms with van der Waals surface area (Å²) in [7, 11) is 0. The number of likely N-dealkylation sites (tertiary alicyclic amines) is 1. The lowest BCUT2D eigenvalue weighted by Crippen LogP contribution is -2.53. The number of rotatable bonds is 4. The van der Waals surface area contributed by atoms with E-state index in [0.29, 0.717) is 12.8 Å². The van der Waals surface area contributed by atoms with E-state index in [1.54, 1.807) is 27.7 Å². The summed E-state index contributed by atoms with van der Waals surface area (Å²) in [6.07, 6.45) is -0.311. The molecule has 24 heavy (non-hydrogen) atoms. The molecule has 0 unspecified atom stereocenters. The largest absolute Gasteiger partial charge is 0.464 e. The molecule has 2 amide bonds. The fourth-order valence-corrected chi connectivity index (χ4v) is 2.68. The molecule has 1 saturated heterocycles. The van der Waals surface area contributed by atoms with E-state index in [-0.39, 0.29) is 19.6 Å². The van der Waals surface area contributed by atoms with Gasteiger partial charge in [0.2, 0.25) is 5.91 Å². The van der Waals surface area contributed by atoms with Crippen LogP contribution >= 0.6 is 0 Å². The number of esters is 1. The van der Waals surface area contributed by atoms with Gasteiger partial charge >= 0.3 is 12.1 Å². The Balaban J connectivity index is 2.04. The van der Waals surface area contributed by atoms with Crippen LogP contribution in [0.1, 0.15) is 47.0 Å². The lowest BCUT2D eigenvalue weighted by molar-refractivity contribution is -0.149. The second-order valence-corrected chi connectivity index (χ2v) is 7.33. The predicted octanol–water partition coefficient (Wildman–Crippen LogP) is 0.569. The maximum Gasteiger partial charge on any atom is 0.411 e. The number of hydrogen-bond acceptors (Lipinski definition) is 6. The summed E-state index contributed by atoms with van der Waals surface area (Å²) in [5, 5.41) is 12.5. The fourth-order valence-electron chi connectivity index (χ4n) is 2.68. The highest BCUT2D eigenvalue weighted by molar-refractivity contribution is 5.94. The smallest absolute Gasteiger partial charge is 0.411 e. The standard InChI is InChI=1S/C16H26N2O6/c1-5-23-13(21)16(6-7-16)17-12(20)11-8-10(19)9-18(11)14(22)24-15(2,3)4/h10-11,19H,5-9H2,1-4H3,(H,17,20)/t10-,11+/m1/s1. The van der Waals surface area contributed by atoms with Gasteiger partial charge in [-0.05, 0) is 40.5 Å². The highest BCUT2D eigenvalue weighted by atomic mass is 16.6. The number of nitrogens with zero attached hydrogens (tertiary/aromatic N) is 1. The van der Waals surface area contributed by atoms with Crippen molar-refractivity contribution >= 4 is 18.0 Å². The van der Waals surface area contributed by atoms with Gasteiger partial charge in [-0.3, -0.25) is 9.69 Å². The van der Waals surface area contributed by atoms with Crippen LogP contribution in [0.2, 0.25) is 0 Å². The van der Waals surface area contributed by atoms with Crippen LogP contribution in [0.5, 0.6) is 0 Å². The molecule has 136 valence electrons. The van der Waals surface area contributed by atoms with Crippen molar-refractivity contribution in [3.63, 3.8) is 0 Å². The summed E-state index contributed by atoms with van der Waals surface area (Å²) in [4.78, 5) is 38.0. The van der Waals surface area contributed by atoms with Crippen molar-refractivity contribution in [1.29, 1.82) is 0 Å². The van der Waals surface area contributed by atoms with Gasteiger partial charge < -0.3 is 19.9 Å². The van der Waals surface area contributed by atoms with Crippen LogP contribution in [0, 0.1) is 0 Å². The fraction of sp³-hybridized carbons (Fsp3) is 0.812. The van der Waals surface area contributed by atoms with Crippen molar-refractivity contribution in [3.05, 3.63) is 0 Å². The Kier molecular flexibility index (Phi) is 5.08. The van der Waals surface area contributed by atoms with Crippen molar-refractivity contribution in [1.82, 2.24) is 10.2 Å². The highest BCUT2D eigenvalue weighted by Gasteiger charge is 2.54. The van der Waals surface area contributed by atoms with Gasteiger partial charge in [-0.15, -0.1) is 0 Å². The number of carbonyl (C=O) groups is 3. The van der Waals surface area contributed by atoms with Gasteiger partial charge in [0.25, 0.3) is 0 Å². The minimum Gasteiger partial charge on any atom is -0.464 e. The summed E-state index contributed by atoms with van der Waals surface area (Å²) in [5.74, 6) is -0.927. The molecule has 2 rings (SSSR count). The Morgan fingerprint density at radius 3 is 2.42 bits per heavy atom. The van der Waals surface area contributed by atoms with E-state index < -0.39 is 41.3 Å². The molecular formula is C16H26N2O6. The lowest BCUT2D eigenvalue weighted by Gasteiger charge is -2.28. The third kappa shape index (κ3) is 4.17. The van der Waals surface area contributed by atoms with E-state index in [4.69, 9.17) is 9.47 Å². The SMILES string of the molecule is CCOC(=O)C1(NC(=O)[C@@H]2C[C@@H](O)CN2C(=O)OC(C)(C)C)CC1. The van der Waals surface area contributed by atoms with Crippen LogP contribution in [-0.4, -0.2) is 64.4 Å². The maximum absolute atomic E-state index is 12.6. The second kappa shape index (κ2) is 6.58. The normalized spacial score (nSPS) is 25.1. The average Bonchev–Trinajstić information content (AvgIpc) is 3.11. The number of aliphatic hydroxyl groups excluding tert-OH is 1. The third-order valence-electron chi connectivity index (χ3n) is 3.99. The molecule has 0 aromatic rings. The molecule has 2 N–H and O–H groups in total. The number of nitrogens with one attached hydrogen (secondary N) is 1. The van der Waals surface area contributed by atoms with E-state index in [9.17, 15) is 19.5 Å². The minimum absolute atomic E-state index is 0.0272. The molecule has 2 atom stereocenters. The van der Waals surface area contributed by atoms with E-state index in [2.05, 4.69) is 5.32 Å². The molecule has 8 nitrogen and oxygen atoms in total. The van der Waals surface area contributed by atoms with E-state index >= 15 is 0 Å². The first kappa shape index (κ1) is 18.5. The lowest BCUT2D eigenvalue weighted by atomic mass is 10.1. The van der Waals surface area contributed by atoms with Gasteiger partial charge in [-0.1, -0.05) is 0 Å². The first-order valence-electron chi connectivity index (χ1n) is 8.25. The second-order valence-electron chi connectivity index (χ2n) is 7.33. The third-order valence-corrected chi connectivity index (χ3v) is 3.99. The number of carbonyl (C=O) groups excluding carboxylic acids is 3. The number of amides is 2. The molecule has 1 saturated carbocycles. The first-order chi connectivity index (χ1) is 11.1. The van der Waals surface area contributed by atoms with Gasteiger partial charge in [-0.25, -0.2) is 9.59 Å². The zero-order valence-corrected chi connectivity index (χ0v) is 14.6. The highest BCUT2D eigenvalue weighted by Crippen LogP contribution is 2.37. The van der Waals surface area contributed by atoms with Gasteiger partial charge in [0, 0.05) is 6.42 Å². The maximum atomic E-state index is 12.6. The summed E-state index contributed by atoms with van der Waals surface area (Å²) >= 11 is 0. The van der Waals surface area contributed by atoms with Gasteiger partial charge in [0.1, 0.15) is 17.2 Å². The van der Waals surface area contributed by atoms with Gasteiger partial charge in [0.05, 0.1) is 19.3 Å². The van der Waals surface area contributed by atoms with Gasteiger partial charge in [0.15, 0.2) is 0 Å². The Morgan fingerprint density at radius 1 is 1.29 bits per heavy atom. The number of hydrogen-bond donors (Lipinski definition) is 2. The van der Waals surface area contributed by atoms with E-state index in [1.165, 1.54) is 4.90 Å². The molecule has 0 aromatic carbocycles. The molecular weight excluding hydrogens is 316 g/mol. The topological polar surface area (TPSA) is 105 Å². The van der Waals surface area contributed by atoms with Crippen LogP contribution < -0.4 is 5.32 Å². The summed E-state index contributed by atoms with van der Waals surface area (Å²) in [6, 6.07) is -0.859. The Labute approximate surface area is 141 Å². The molecule has 0 aromatic heterocycles. The first-order valence-corrected chi connectivity index (χ1v) is 8.25. The molecule has 0 spiro atoms. The molecule has 0 bridgehead atoms. The molecule has 2 aliphatic rings. The van der Waals surface area contributed by atoms with Gasteiger partial charge in [-0.2, -0.15) is 0 Å². The van der Waals surface area contributed by atoms with Crippen LogP contribution in [0.25, 0.3) is 0 Å². The Morgan fingerprint density at radius 2 is 1.92 bits per heavy atom. The van der Waals surface area contributed by atoms with Crippen molar-refractivity contribution in [2.45, 2.75) is 70.2 Å². The van der Waals surface area contributed by atoms with Crippen LogP contribution in [0.4, 0.5) is 4.79 Å². The zero-order valence-electron chi connectivity index (χ0n) is 14.6. The average molecular weight is 342 g/mol. The molecule has 2 fully saturated rings. The molecule has 0 radical (unpaired) electrons. The van der Waals surface area contributed by atoms with Crippen LogP contribution in [0.15, 0.2) is 0 Å². The minimum atomic E-state index is -0.986. The summed E-state index contributed by atoms with van der Waals surface area (Å²) in [5.41, 5.74) is -1.69. The monoisotopic (exact) mass is 342 g/mol. The quantitative estimate of drug-likeness (QED) is 0.724. The molecule has 1 aliphatic heterocycles. The number of β-amino-alcohol motifs (C(OH)–C–C–N with tert-alkyl or cyclic N) is 1. The van der Waals surface area contributed by atoms with E-state index in [1.807, 2.05) is 0 Å². The summed E-state index contributed by atoms with van der Waals surface area (Å²) < 4.78 is 10.3. The summed E-state index contributed by atoms with van der Waals surface area (Å²) in [6.45, 7) is 7.15. The van der Waals surface area contributed by atoms with Crippen LogP contribution in [0.3, 0.4) is 0 Å². The van der Waals surface area contributed by atoms with Crippen molar-refractivity contribution in [2.75, 3.05) is 13.2 Å². The number of ether oxygens (including phenoxy) is 2. The van der Waals surface area contributed by atoms with Crippen molar-refractivity contribution in [3.8, 4) is 0 Å². The predicted molar refractivity (Wildman–Crippen MR) is 84.1 cm³/mol. The van der Waals surface area contributed by atoms with Crippen molar-refractivity contribution < 1.29 is 29.0 Å². The van der Waals surface area contributed by atoms with Crippen molar-refractivity contribution in [2.24, 2.45) is 0 Å². The Bertz CT molecular complexity index is 523. The molecule has 8 heteroatoms. The molecule has 1 aliphatic carbocycles. The number of aliphatic hydroxyl groups is 1. The zero-order chi connectivity index (χ0) is 18.1.